The number of aliphatic hydroxyl groups excluding tert-OH is 1. The van der Waals surface area contributed by atoms with Crippen molar-refractivity contribution in [1.82, 2.24) is 14.4 Å². The van der Waals surface area contributed by atoms with E-state index in [9.17, 15) is 24.6 Å². The predicted octanol–water partition coefficient (Wildman–Crippen LogP) is 4.41. The van der Waals surface area contributed by atoms with E-state index in [1.807, 2.05) is 63.0 Å². The number of nitrogens with zero attached hydrogens (tertiary/aromatic N) is 3. The number of anilines is 1. The van der Waals surface area contributed by atoms with Gasteiger partial charge < -0.3 is 29.7 Å². The number of aliphatic hydroxyl groups is 1. The lowest BCUT2D eigenvalue weighted by Crippen LogP contribution is -2.49. The molecule has 1 aliphatic heterocycles. The minimum atomic E-state index is -0.964. The van der Waals surface area contributed by atoms with Crippen molar-refractivity contribution in [3.63, 3.8) is 0 Å². The summed E-state index contributed by atoms with van der Waals surface area (Å²) in [5, 5.41) is 23.2. The molecule has 3 atom stereocenters. The summed E-state index contributed by atoms with van der Waals surface area (Å²) >= 11 is 0. The second-order valence-electron chi connectivity index (χ2n) is 12.0. The van der Waals surface area contributed by atoms with E-state index >= 15 is 0 Å². The molecule has 0 saturated heterocycles. The van der Waals surface area contributed by atoms with E-state index in [1.54, 1.807) is 47.4 Å². The first-order chi connectivity index (χ1) is 21.5. The van der Waals surface area contributed by atoms with Gasteiger partial charge in [-0.25, -0.2) is 4.79 Å². The number of hydrogen-bond acceptors (Lipinski definition) is 6. The van der Waals surface area contributed by atoms with Crippen molar-refractivity contribution < 1.29 is 29.3 Å². The number of fused-ring (bicyclic) bond motifs is 2. The van der Waals surface area contributed by atoms with Gasteiger partial charge in [-0.3, -0.25) is 14.5 Å². The van der Waals surface area contributed by atoms with Crippen LogP contribution < -0.4 is 10.1 Å². The first-order valence-electron chi connectivity index (χ1n) is 15.1. The molecule has 1 aliphatic rings. The normalized spacial score (nSPS) is 17.4. The number of carboxylic acids is 1. The summed E-state index contributed by atoms with van der Waals surface area (Å²) in [6.07, 6.45) is 1.85. The van der Waals surface area contributed by atoms with Crippen LogP contribution in [0.4, 0.5) is 5.69 Å². The second kappa shape index (κ2) is 13.5. The number of aromatic nitrogens is 1. The number of rotatable bonds is 10. The summed E-state index contributed by atoms with van der Waals surface area (Å²) in [6.45, 7) is 5.15. The fourth-order valence-electron chi connectivity index (χ4n) is 5.90. The summed E-state index contributed by atoms with van der Waals surface area (Å²) in [4.78, 5) is 41.9. The fraction of sp³-hybridized carbons (Fsp3) is 0.343. The largest absolute Gasteiger partial charge is 0.488 e. The molecule has 1 aromatic heterocycles. The van der Waals surface area contributed by atoms with Crippen LogP contribution in [0.2, 0.25) is 0 Å². The Kier molecular flexibility index (Phi) is 9.55. The van der Waals surface area contributed by atoms with Crippen molar-refractivity contribution in [3.05, 3.63) is 95.2 Å². The maximum absolute atomic E-state index is 13.8. The first-order valence-corrected chi connectivity index (χ1v) is 15.1. The van der Waals surface area contributed by atoms with Crippen molar-refractivity contribution in [2.75, 3.05) is 32.1 Å². The van der Waals surface area contributed by atoms with Crippen LogP contribution in [0, 0.1) is 5.92 Å². The molecule has 5 rings (SSSR count). The van der Waals surface area contributed by atoms with Crippen LogP contribution >= 0.6 is 0 Å². The minimum absolute atomic E-state index is 0.0620. The molecule has 0 bridgehead atoms. The van der Waals surface area contributed by atoms with Gasteiger partial charge >= 0.3 is 5.97 Å². The first kappa shape index (κ1) is 31.7. The molecular weight excluding hydrogens is 572 g/mol. The van der Waals surface area contributed by atoms with Crippen LogP contribution in [0.25, 0.3) is 10.9 Å². The molecule has 0 unspecified atom stereocenters. The van der Waals surface area contributed by atoms with Crippen LogP contribution in [-0.4, -0.2) is 81.3 Å². The molecule has 2 heterocycles. The van der Waals surface area contributed by atoms with Gasteiger partial charge in [-0.1, -0.05) is 37.3 Å². The molecule has 4 aromatic rings. The predicted molar refractivity (Wildman–Crippen MR) is 173 cm³/mol. The highest BCUT2D eigenvalue weighted by Crippen LogP contribution is 2.31. The molecule has 3 N–H and O–H groups in total. The number of likely N-dealkylation sites (N-methyl/N-ethyl adjacent to an activating group) is 1. The van der Waals surface area contributed by atoms with Crippen LogP contribution in [0.3, 0.4) is 0 Å². The van der Waals surface area contributed by atoms with Crippen molar-refractivity contribution in [2.45, 2.75) is 39.0 Å². The lowest BCUT2D eigenvalue weighted by Gasteiger charge is -2.38. The van der Waals surface area contributed by atoms with Gasteiger partial charge in [-0.05, 0) is 61.5 Å². The average Bonchev–Trinajstić information content (AvgIpc) is 3.33. The van der Waals surface area contributed by atoms with Crippen molar-refractivity contribution >= 4 is 34.4 Å². The molecule has 236 valence electrons. The van der Waals surface area contributed by atoms with E-state index in [2.05, 4.69) is 10.2 Å². The van der Waals surface area contributed by atoms with Gasteiger partial charge in [0.2, 0.25) is 5.91 Å². The molecule has 3 aromatic carbocycles. The molecule has 45 heavy (non-hydrogen) atoms. The van der Waals surface area contributed by atoms with Crippen LogP contribution in [-0.2, 0) is 24.8 Å². The fourth-order valence-corrected chi connectivity index (χ4v) is 5.90. The third kappa shape index (κ3) is 7.19. The SMILES string of the molecule is C[C@H]1CN([C@@H](C)CO)C(=O)c2cc(NC(=O)Cc3cn(C)c4ccccc34)ccc2O[C@H]1CN(C)Cc1ccc(C(=O)O)cc1. The number of amides is 2. The number of benzene rings is 3. The van der Waals surface area contributed by atoms with E-state index in [4.69, 9.17) is 4.74 Å². The quantitative estimate of drug-likeness (QED) is 0.242. The van der Waals surface area contributed by atoms with Gasteiger partial charge in [-0.2, -0.15) is 0 Å². The number of ether oxygens (including phenoxy) is 1. The van der Waals surface area contributed by atoms with E-state index in [-0.39, 0.29) is 42.4 Å². The Morgan fingerprint density at radius 1 is 1.11 bits per heavy atom. The molecule has 0 radical (unpaired) electrons. The number of carboxylic acid groups (broad SMARTS) is 1. The zero-order chi connectivity index (χ0) is 32.2. The van der Waals surface area contributed by atoms with Gasteiger partial charge in [0.15, 0.2) is 0 Å². The molecule has 0 aliphatic carbocycles. The van der Waals surface area contributed by atoms with E-state index in [0.29, 0.717) is 36.6 Å². The smallest absolute Gasteiger partial charge is 0.335 e. The molecule has 0 saturated carbocycles. The highest BCUT2D eigenvalue weighted by Gasteiger charge is 2.33. The zero-order valence-corrected chi connectivity index (χ0v) is 26.1. The Bertz CT molecular complexity index is 1700. The summed E-state index contributed by atoms with van der Waals surface area (Å²) < 4.78 is 8.50. The topological polar surface area (TPSA) is 124 Å². The maximum atomic E-state index is 13.8. The van der Waals surface area contributed by atoms with Crippen LogP contribution in [0.1, 0.15) is 45.7 Å². The second-order valence-corrected chi connectivity index (χ2v) is 12.0. The number of aromatic carboxylic acids is 1. The Hall–Kier alpha value is -4.67. The number of para-hydroxylation sites is 1. The molecule has 10 heteroatoms. The molecular formula is C35H40N4O6. The van der Waals surface area contributed by atoms with E-state index in [1.165, 1.54) is 0 Å². The van der Waals surface area contributed by atoms with Crippen LogP contribution in [0.5, 0.6) is 5.75 Å². The van der Waals surface area contributed by atoms with Gasteiger partial charge in [0, 0.05) is 55.4 Å². The number of hydrogen-bond donors (Lipinski definition) is 3. The standard InChI is InChI=1S/C35H40N4O6/c1-22-17-39(23(2)21-40)34(42)29-16-27(36-33(41)15-26-19-38(4)30-8-6-5-7-28(26)30)13-14-31(29)45-32(22)20-37(3)18-24-9-11-25(12-10-24)35(43)44/h5-14,16,19,22-23,32,40H,15,17-18,20-21H2,1-4H3,(H,36,41)(H,43,44)/t22-,23-,32-/m0/s1. The zero-order valence-electron chi connectivity index (χ0n) is 26.1. The Balaban J connectivity index is 1.35. The average molecular weight is 613 g/mol. The van der Waals surface area contributed by atoms with Crippen molar-refractivity contribution in [2.24, 2.45) is 13.0 Å². The summed E-state index contributed by atoms with van der Waals surface area (Å²) in [6, 6.07) is 19.4. The van der Waals surface area contributed by atoms with Gasteiger partial charge in [0.1, 0.15) is 11.9 Å². The third-order valence-corrected chi connectivity index (χ3v) is 8.42. The maximum Gasteiger partial charge on any atom is 0.335 e. The highest BCUT2D eigenvalue weighted by atomic mass is 16.5. The monoisotopic (exact) mass is 612 g/mol. The van der Waals surface area contributed by atoms with Crippen molar-refractivity contribution in [3.8, 4) is 5.75 Å². The Morgan fingerprint density at radius 2 is 1.84 bits per heavy atom. The highest BCUT2D eigenvalue weighted by molar-refractivity contribution is 6.01. The summed E-state index contributed by atoms with van der Waals surface area (Å²) in [7, 11) is 3.92. The molecule has 0 spiro atoms. The Labute approximate surface area is 262 Å². The van der Waals surface area contributed by atoms with E-state index in [0.717, 1.165) is 22.0 Å². The minimum Gasteiger partial charge on any atom is -0.488 e. The molecule has 0 fully saturated rings. The van der Waals surface area contributed by atoms with Gasteiger partial charge in [0.25, 0.3) is 5.91 Å². The number of aryl methyl sites for hydroxylation is 1. The van der Waals surface area contributed by atoms with Gasteiger partial charge in [0.05, 0.1) is 30.2 Å². The Morgan fingerprint density at radius 3 is 2.56 bits per heavy atom. The molecule has 10 nitrogen and oxygen atoms in total. The summed E-state index contributed by atoms with van der Waals surface area (Å²) in [5.41, 5.74) is 3.98. The number of carbonyl (C=O) groups is 3. The third-order valence-electron chi connectivity index (χ3n) is 8.42. The molecule has 2 amide bonds. The van der Waals surface area contributed by atoms with Gasteiger partial charge in [-0.15, -0.1) is 0 Å². The lowest BCUT2D eigenvalue weighted by molar-refractivity contribution is -0.115. The van der Waals surface area contributed by atoms with E-state index < -0.39 is 12.0 Å². The summed E-state index contributed by atoms with van der Waals surface area (Å²) in [5.74, 6) is -1.08. The lowest BCUT2D eigenvalue weighted by atomic mass is 9.99. The number of nitrogens with one attached hydrogen (secondary N) is 1. The number of carbonyl (C=O) groups excluding carboxylic acids is 2. The van der Waals surface area contributed by atoms with Crippen molar-refractivity contribution in [1.29, 1.82) is 0 Å². The van der Waals surface area contributed by atoms with Crippen LogP contribution in [0.15, 0.2) is 72.9 Å².